The molecule has 1 atom stereocenters. The SMILES string of the molecule is CCCC(CN)NS(=O)(=O)c1ccc(Cl)cc1OC. The lowest BCUT2D eigenvalue weighted by Gasteiger charge is -2.17. The summed E-state index contributed by atoms with van der Waals surface area (Å²) in [6.07, 6.45) is 1.54. The van der Waals surface area contributed by atoms with E-state index in [1.54, 1.807) is 0 Å². The van der Waals surface area contributed by atoms with E-state index in [0.29, 0.717) is 11.4 Å². The van der Waals surface area contributed by atoms with E-state index in [9.17, 15) is 8.42 Å². The van der Waals surface area contributed by atoms with Crippen LogP contribution in [0, 0.1) is 0 Å². The Morgan fingerprint density at radius 3 is 2.68 bits per heavy atom. The van der Waals surface area contributed by atoms with Crippen LogP contribution < -0.4 is 15.2 Å². The Labute approximate surface area is 119 Å². The molecular weight excluding hydrogens is 288 g/mol. The van der Waals surface area contributed by atoms with Gasteiger partial charge in [-0.05, 0) is 18.6 Å². The molecule has 0 aliphatic rings. The van der Waals surface area contributed by atoms with Crippen LogP contribution in [0.25, 0.3) is 0 Å². The molecule has 0 aliphatic heterocycles. The molecule has 5 nitrogen and oxygen atoms in total. The van der Waals surface area contributed by atoms with E-state index in [-0.39, 0.29) is 23.2 Å². The number of halogens is 1. The summed E-state index contributed by atoms with van der Waals surface area (Å²) in [7, 11) is -2.27. The van der Waals surface area contributed by atoms with Crippen molar-refractivity contribution in [3.63, 3.8) is 0 Å². The van der Waals surface area contributed by atoms with Gasteiger partial charge >= 0.3 is 0 Å². The Bertz CT molecular complexity index is 520. The van der Waals surface area contributed by atoms with Crippen molar-refractivity contribution in [3.8, 4) is 5.75 Å². The van der Waals surface area contributed by atoms with Crippen molar-refractivity contribution in [2.75, 3.05) is 13.7 Å². The summed E-state index contributed by atoms with van der Waals surface area (Å²) in [6.45, 7) is 2.23. The number of ether oxygens (including phenoxy) is 1. The first kappa shape index (κ1) is 16.2. The zero-order valence-electron chi connectivity index (χ0n) is 11.0. The van der Waals surface area contributed by atoms with Crippen LogP contribution in [0.5, 0.6) is 5.75 Å². The molecule has 108 valence electrons. The summed E-state index contributed by atoms with van der Waals surface area (Å²) < 4.78 is 32.2. The minimum absolute atomic E-state index is 0.0638. The third-order valence-electron chi connectivity index (χ3n) is 2.66. The molecule has 0 aliphatic carbocycles. The molecule has 0 amide bonds. The van der Waals surface area contributed by atoms with Crippen molar-refractivity contribution in [1.29, 1.82) is 0 Å². The fourth-order valence-electron chi connectivity index (χ4n) is 1.72. The minimum atomic E-state index is -3.67. The first-order chi connectivity index (χ1) is 8.94. The number of hydrogen-bond acceptors (Lipinski definition) is 4. The molecule has 7 heteroatoms. The molecule has 1 unspecified atom stereocenters. The highest BCUT2D eigenvalue weighted by atomic mass is 35.5. The molecule has 0 spiro atoms. The Hall–Kier alpha value is -0.820. The van der Waals surface area contributed by atoms with E-state index in [1.165, 1.54) is 25.3 Å². The quantitative estimate of drug-likeness (QED) is 0.804. The number of sulfonamides is 1. The molecule has 1 aromatic rings. The Balaban J connectivity index is 3.06. The lowest BCUT2D eigenvalue weighted by Crippen LogP contribution is -2.40. The first-order valence-electron chi connectivity index (χ1n) is 6.00. The standard InChI is InChI=1S/C12H19ClN2O3S/c1-3-4-10(8-14)15-19(16,17)12-6-5-9(13)7-11(12)18-2/h5-7,10,15H,3-4,8,14H2,1-2H3. The van der Waals surface area contributed by atoms with Crippen molar-refractivity contribution in [2.45, 2.75) is 30.7 Å². The Morgan fingerprint density at radius 1 is 1.47 bits per heavy atom. The zero-order chi connectivity index (χ0) is 14.5. The van der Waals surface area contributed by atoms with E-state index >= 15 is 0 Å². The molecule has 0 radical (unpaired) electrons. The van der Waals surface area contributed by atoms with Gasteiger partial charge in [-0.1, -0.05) is 24.9 Å². The third kappa shape index (κ3) is 4.35. The average Bonchev–Trinajstić information content (AvgIpc) is 2.37. The molecule has 1 aromatic carbocycles. The van der Waals surface area contributed by atoms with Crippen molar-refractivity contribution in [1.82, 2.24) is 4.72 Å². The molecule has 0 bridgehead atoms. The number of benzene rings is 1. The highest BCUT2D eigenvalue weighted by Gasteiger charge is 2.22. The van der Waals surface area contributed by atoms with Gasteiger partial charge in [-0.3, -0.25) is 0 Å². The molecule has 0 fully saturated rings. The summed E-state index contributed by atoms with van der Waals surface area (Å²) in [5, 5.41) is 0.416. The van der Waals surface area contributed by atoms with Crippen LogP contribution in [-0.4, -0.2) is 28.1 Å². The van der Waals surface area contributed by atoms with Crippen LogP contribution in [-0.2, 0) is 10.0 Å². The molecule has 1 rings (SSSR count). The van der Waals surface area contributed by atoms with Crippen LogP contribution >= 0.6 is 11.6 Å². The maximum absolute atomic E-state index is 12.3. The molecule has 19 heavy (non-hydrogen) atoms. The first-order valence-corrected chi connectivity index (χ1v) is 7.86. The summed E-state index contributed by atoms with van der Waals surface area (Å²) in [5.41, 5.74) is 5.56. The lowest BCUT2D eigenvalue weighted by atomic mass is 10.2. The highest BCUT2D eigenvalue weighted by molar-refractivity contribution is 7.89. The summed E-state index contributed by atoms with van der Waals surface area (Å²) in [6, 6.07) is 4.11. The second-order valence-electron chi connectivity index (χ2n) is 4.14. The fraction of sp³-hybridized carbons (Fsp3) is 0.500. The van der Waals surface area contributed by atoms with E-state index in [0.717, 1.165) is 6.42 Å². The molecular formula is C12H19ClN2O3S. The molecule has 0 heterocycles. The van der Waals surface area contributed by atoms with Gasteiger partial charge in [0.25, 0.3) is 0 Å². The van der Waals surface area contributed by atoms with Crippen molar-refractivity contribution in [2.24, 2.45) is 5.73 Å². The monoisotopic (exact) mass is 306 g/mol. The van der Waals surface area contributed by atoms with E-state index in [2.05, 4.69) is 4.72 Å². The van der Waals surface area contributed by atoms with E-state index in [1.807, 2.05) is 6.92 Å². The van der Waals surface area contributed by atoms with Gasteiger partial charge in [0.1, 0.15) is 10.6 Å². The van der Waals surface area contributed by atoms with Crippen LogP contribution in [0.15, 0.2) is 23.1 Å². The minimum Gasteiger partial charge on any atom is -0.495 e. The molecule has 0 saturated heterocycles. The topological polar surface area (TPSA) is 81.4 Å². The van der Waals surface area contributed by atoms with Gasteiger partial charge in [-0.25, -0.2) is 13.1 Å². The van der Waals surface area contributed by atoms with Crippen molar-refractivity contribution in [3.05, 3.63) is 23.2 Å². The summed E-state index contributed by atoms with van der Waals surface area (Å²) in [4.78, 5) is 0.0638. The van der Waals surface area contributed by atoms with Gasteiger partial charge in [0, 0.05) is 23.7 Å². The van der Waals surface area contributed by atoms with Gasteiger partial charge in [-0.15, -0.1) is 0 Å². The second-order valence-corrected chi connectivity index (χ2v) is 6.26. The van der Waals surface area contributed by atoms with Gasteiger partial charge in [-0.2, -0.15) is 0 Å². The molecule has 0 aromatic heterocycles. The Morgan fingerprint density at radius 2 is 2.16 bits per heavy atom. The van der Waals surface area contributed by atoms with Gasteiger partial charge < -0.3 is 10.5 Å². The smallest absolute Gasteiger partial charge is 0.244 e. The number of nitrogens with one attached hydrogen (secondary N) is 1. The van der Waals surface area contributed by atoms with Gasteiger partial charge in [0.15, 0.2) is 0 Å². The Kier molecular flexibility index (Phi) is 6.06. The van der Waals surface area contributed by atoms with Crippen LogP contribution in [0.3, 0.4) is 0 Å². The maximum Gasteiger partial charge on any atom is 0.244 e. The van der Waals surface area contributed by atoms with Gasteiger partial charge in [0.2, 0.25) is 10.0 Å². The third-order valence-corrected chi connectivity index (χ3v) is 4.45. The maximum atomic E-state index is 12.3. The number of hydrogen-bond donors (Lipinski definition) is 2. The van der Waals surface area contributed by atoms with Crippen LogP contribution in [0.4, 0.5) is 0 Å². The predicted molar refractivity (Wildman–Crippen MR) is 76.1 cm³/mol. The number of rotatable bonds is 7. The number of methoxy groups -OCH3 is 1. The van der Waals surface area contributed by atoms with Gasteiger partial charge in [0.05, 0.1) is 7.11 Å². The van der Waals surface area contributed by atoms with Crippen LogP contribution in [0.2, 0.25) is 5.02 Å². The number of nitrogens with two attached hydrogens (primary N) is 1. The van der Waals surface area contributed by atoms with Crippen LogP contribution in [0.1, 0.15) is 19.8 Å². The normalized spacial score (nSPS) is 13.3. The predicted octanol–water partition coefficient (Wildman–Crippen LogP) is 1.75. The van der Waals surface area contributed by atoms with Crippen molar-refractivity contribution >= 4 is 21.6 Å². The summed E-state index contributed by atoms with van der Waals surface area (Å²) >= 11 is 5.81. The van der Waals surface area contributed by atoms with E-state index in [4.69, 9.17) is 22.1 Å². The molecule has 3 N–H and O–H groups in total. The molecule has 0 saturated carbocycles. The zero-order valence-corrected chi connectivity index (χ0v) is 12.6. The fourth-order valence-corrected chi connectivity index (χ4v) is 3.32. The largest absolute Gasteiger partial charge is 0.495 e. The van der Waals surface area contributed by atoms with Crippen molar-refractivity contribution < 1.29 is 13.2 Å². The second kappa shape index (κ2) is 7.09. The van der Waals surface area contributed by atoms with E-state index < -0.39 is 10.0 Å². The highest BCUT2D eigenvalue weighted by Crippen LogP contribution is 2.27. The average molecular weight is 307 g/mol. The summed E-state index contributed by atoms with van der Waals surface area (Å²) in [5.74, 6) is 0.215. The lowest BCUT2D eigenvalue weighted by molar-refractivity contribution is 0.402.